The molecule has 4 rings (SSSR count). The van der Waals surface area contributed by atoms with Crippen LogP contribution in [-0.2, 0) is 0 Å². The molecule has 0 atom stereocenters. The van der Waals surface area contributed by atoms with Crippen molar-refractivity contribution in [2.75, 3.05) is 13.1 Å². The number of carbonyl (C=O) groups is 1. The minimum atomic E-state index is 0.0250. The summed E-state index contributed by atoms with van der Waals surface area (Å²) in [5, 5.41) is 14.0. The van der Waals surface area contributed by atoms with Gasteiger partial charge in [0.2, 0.25) is 0 Å². The van der Waals surface area contributed by atoms with Crippen molar-refractivity contribution in [3.05, 3.63) is 28.6 Å². The van der Waals surface area contributed by atoms with E-state index < -0.39 is 0 Å². The summed E-state index contributed by atoms with van der Waals surface area (Å²) >= 11 is 5.35. The van der Waals surface area contributed by atoms with Crippen LogP contribution in [0.25, 0.3) is 0 Å². The summed E-state index contributed by atoms with van der Waals surface area (Å²) < 4.78 is 2.92. The number of nitrogens with one attached hydrogen (secondary N) is 2. The number of nitrogens with zero attached hydrogens (tertiary/aromatic N) is 4. The molecule has 8 heteroatoms. The third kappa shape index (κ3) is 2.37. The van der Waals surface area contributed by atoms with Gasteiger partial charge in [0.05, 0.1) is 0 Å². The molecule has 7 nitrogen and oxygen atoms in total. The lowest BCUT2D eigenvalue weighted by Crippen LogP contribution is -2.38. The van der Waals surface area contributed by atoms with E-state index in [1.807, 2.05) is 4.90 Å². The van der Waals surface area contributed by atoms with Gasteiger partial charge in [-0.25, -0.2) is 0 Å². The number of amides is 1. The fourth-order valence-corrected chi connectivity index (χ4v) is 3.46. The molecule has 2 aliphatic rings. The van der Waals surface area contributed by atoms with Crippen LogP contribution in [0.2, 0.25) is 0 Å². The summed E-state index contributed by atoms with van der Waals surface area (Å²) in [6.45, 7) is 1.49. The molecule has 0 bridgehead atoms. The van der Waals surface area contributed by atoms with Crippen LogP contribution < -0.4 is 0 Å². The quantitative estimate of drug-likeness (QED) is 0.848. The van der Waals surface area contributed by atoms with E-state index in [2.05, 4.69) is 25.0 Å². The molecule has 3 heterocycles. The summed E-state index contributed by atoms with van der Waals surface area (Å²) in [5.41, 5.74) is 0.555. The molecule has 0 spiro atoms. The second kappa shape index (κ2) is 5.35. The van der Waals surface area contributed by atoms with Crippen molar-refractivity contribution in [2.24, 2.45) is 0 Å². The fraction of sp³-hybridized carbons (Fsp3) is 0.571. The van der Waals surface area contributed by atoms with E-state index in [1.54, 1.807) is 12.3 Å². The number of carbonyl (C=O) groups excluding carboxylic acids is 1. The lowest BCUT2D eigenvalue weighted by atomic mass is 9.95. The van der Waals surface area contributed by atoms with Crippen LogP contribution in [0, 0.1) is 4.77 Å². The zero-order valence-electron chi connectivity index (χ0n) is 12.2. The Bertz CT molecular complexity index is 721. The molecule has 1 saturated heterocycles. The van der Waals surface area contributed by atoms with E-state index in [9.17, 15) is 4.79 Å². The van der Waals surface area contributed by atoms with E-state index in [0.29, 0.717) is 17.7 Å². The molecule has 0 aromatic carbocycles. The van der Waals surface area contributed by atoms with E-state index in [4.69, 9.17) is 12.2 Å². The summed E-state index contributed by atoms with van der Waals surface area (Å²) in [5.74, 6) is 1.47. The van der Waals surface area contributed by atoms with Crippen molar-refractivity contribution >= 4 is 18.1 Å². The van der Waals surface area contributed by atoms with Gasteiger partial charge in [0, 0.05) is 31.2 Å². The molecule has 2 fully saturated rings. The van der Waals surface area contributed by atoms with Gasteiger partial charge in [-0.2, -0.15) is 10.2 Å². The summed E-state index contributed by atoms with van der Waals surface area (Å²) in [6.07, 6.45) is 5.84. The van der Waals surface area contributed by atoms with Crippen LogP contribution in [0.5, 0.6) is 0 Å². The Morgan fingerprint density at radius 1 is 1.23 bits per heavy atom. The Morgan fingerprint density at radius 3 is 2.64 bits per heavy atom. The van der Waals surface area contributed by atoms with Crippen molar-refractivity contribution in [2.45, 2.75) is 37.6 Å². The van der Waals surface area contributed by atoms with Gasteiger partial charge < -0.3 is 9.47 Å². The van der Waals surface area contributed by atoms with Crippen LogP contribution in [0.15, 0.2) is 12.3 Å². The first kappa shape index (κ1) is 13.7. The second-order valence-electron chi connectivity index (χ2n) is 6.02. The van der Waals surface area contributed by atoms with Crippen LogP contribution in [0.4, 0.5) is 0 Å². The minimum absolute atomic E-state index is 0.0250. The van der Waals surface area contributed by atoms with Gasteiger partial charge in [-0.1, -0.05) is 0 Å². The van der Waals surface area contributed by atoms with E-state index in [1.165, 1.54) is 12.8 Å². The van der Waals surface area contributed by atoms with Crippen molar-refractivity contribution < 1.29 is 4.79 Å². The molecule has 0 unspecified atom stereocenters. The molecular formula is C14H18N6OS. The molecule has 1 saturated carbocycles. The number of piperidine rings is 1. The highest BCUT2D eigenvalue weighted by Gasteiger charge is 2.32. The Labute approximate surface area is 132 Å². The normalized spacial score (nSPS) is 19.5. The first-order chi connectivity index (χ1) is 10.7. The SMILES string of the molecule is O=C(c1ccn[nH]1)N1CCC(c2n[nH]c(=S)n2C2CC2)CC1. The molecule has 116 valence electrons. The molecule has 22 heavy (non-hydrogen) atoms. The number of likely N-dealkylation sites (tertiary alicyclic amines) is 1. The highest BCUT2D eigenvalue weighted by Crippen LogP contribution is 2.38. The number of aromatic nitrogens is 5. The number of rotatable bonds is 3. The molecular weight excluding hydrogens is 300 g/mol. The lowest BCUT2D eigenvalue weighted by Gasteiger charge is -2.31. The van der Waals surface area contributed by atoms with Crippen LogP contribution in [0.3, 0.4) is 0 Å². The molecule has 2 aromatic rings. The van der Waals surface area contributed by atoms with E-state index >= 15 is 0 Å². The third-order valence-electron chi connectivity index (χ3n) is 4.52. The monoisotopic (exact) mass is 318 g/mol. The molecule has 1 aliphatic carbocycles. The first-order valence-corrected chi connectivity index (χ1v) is 8.10. The maximum Gasteiger partial charge on any atom is 0.271 e. The predicted molar refractivity (Wildman–Crippen MR) is 82.1 cm³/mol. The Hall–Kier alpha value is -1.96. The number of aromatic amines is 2. The zero-order chi connectivity index (χ0) is 15.1. The minimum Gasteiger partial charge on any atom is -0.337 e. The highest BCUT2D eigenvalue weighted by atomic mass is 32.1. The van der Waals surface area contributed by atoms with Crippen LogP contribution in [-0.4, -0.2) is 48.9 Å². The average molecular weight is 318 g/mol. The largest absolute Gasteiger partial charge is 0.337 e. The van der Waals surface area contributed by atoms with Gasteiger partial charge in [0.25, 0.3) is 5.91 Å². The fourth-order valence-electron chi connectivity index (χ4n) is 3.18. The molecule has 2 aromatic heterocycles. The van der Waals surface area contributed by atoms with Gasteiger partial charge in [-0.3, -0.25) is 15.0 Å². The van der Waals surface area contributed by atoms with Crippen molar-refractivity contribution in [1.82, 2.24) is 29.9 Å². The standard InChI is InChI=1S/C14H18N6OS/c21-13(11-3-6-15-16-11)19-7-4-9(5-8-19)12-17-18-14(22)20(12)10-1-2-10/h3,6,9-10H,1-2,4-5,7-8H2,(H,15,16)(H,18,22). The smallest absolute Gasteiger partial charge is 0.271 e. The number of hydrogen-bond acceptors (Lipinski definition) is 4. The lowest BCUT2D eigenvalue weighted by molar-refractivity contribution is 0.0704. The van der Waals surface area contributed by atoms with Crippen LogP contribution >= 0.6 is 12.2 Å². The van der Waals surface area contributed by atoms with Gasteiger partial charge >= 0.3 is 0 Å². The van der Waals surface area contributed by atoms with Crippen molar-refractivity contribution in [3.8, 4) is 0 Å². The maximum absolute atomic E-state index is 12.3. The average Bonchev–Trinajstić information content (AvgIpc) is 3.08. The Kier molecular flexibility index (Phi) is 3.33. The van der Waals surface area contributed by atoms with E-state index in [-0.39, 0.29) is 5.91 Å². The van der Waals surface area contributed by atoms with Gasteiger partial charge in [0.1, 0.15) is 11.5 Å². The molecule has 2 N–H and O–H groups in total. The molecule has 0 radical (unpaired) electrons. The maximum atomic E-state index is 12.3. The van der Waals surface area contributed by atoms with E-state index in [0.717, 1.165) is 36.5 Å². The Morgan fingerprint density at radius 2 is 2.00 bits per heavy atom. The van der Waals surface area contributed by atoms with Gasteiger partial charge in [-0.15, -0.1) is 0 Å². The molecule has 1 aliphatic heterocycles. The summed E-state index contributed by atoms with van der Waals surface area (Å²) in [4.78, 5) is 14.2. The third-order valence-corrected chi connectivity index (χ3v) is 4.81. The zero-order valence-corrected chi connectivity index (χ0v) is 13.0. The van der Waals surface area contributed by atoms with Crippen molar-refractivity contribution in [1.29, 1.82) is 0 Å². The number of H-pyrrole nitrogens is 2. The van der Waals surface area contributed by atoms with Gasteiger partial charge in [-0.05, 0) is 44.0 Å². The number of hydrogen-bond donors (Lipinski definition) is 2. The van der Waals surface area contributed by atoms with Crippen molar-refractivity contribution in [3.63, 3.8) is 0 Å². The highest BCUT2D eigenvalue weighted by molar-refractivity contribution is 7.71. The van der Waals surface area contributed by atoms with Gasteiger partial charge in [0.15, 0.2) is 4.77 Å². The predicted octanol–water partition coefficient (Wildman–Crippen LogP) is 2.02. The second-order valence-corrected chi connectivity index (χ2v) is 6.41. The summed E-state index contributed by atoms with van der Waals surface area (Å²) in [7, 11) is 0. The summed E-state index contributed by atoms with van der Waals surface area (Å²) in [6, 6.07) is 2.25. The first-order valence-electron chi connectivity index (χ1n) is 7.69. The molecule has 1 amide bonds. The Balaban J connectivity index is 1.46. The topological polar surface area (TPSA) is 82.6 Å². The van der Waals surface area contributed by atoms with Crippen LogP contribution in [0.1, 0.15) is 54.0 Å².